The molecule has 1 fully saturated rings. The van der Waals surface area contributed by atoms with Crippen molar-refractivity contribution in [2.45, 2.75) is 6.92 Å². The van der Waals surface area contributed by atoms with E-state index in [4.69, 9.17) is 10.5 Å². The van der Waals surface area contributed by atoms with E-state index in [0.717, 1.165) is 0 Å². The second-order valence-electron chi connectivity index (χ2n) is 3.69. The van der Waals surface area contributed by atoms with E-state index in [1.165, 1.54) is 0 Å². The Hall–Kier alpha value is -1.50. The largest absolute Gasteiger partial charge is 0.450 e. The van der Waals surface area contributed by atoms with Gasteiger partial charge in [0.1, 0.15) is 0 Å². The Kier molecular flexibility index (Phi) is 5.55. The number of carbonyl (C=O) groups is 2. The molecule has 3 amide bonds. The van der Waals surface area contributed by atoms with Crippen LogP contribution in [0.2, 0.25) is 0 Å². The number of piperazine rings is 1. The minimum atomic E-state index is -0.311. The predicted octanol–water partition coefficient (Wildman–Crippen LogP) is -0.571. The molecule has 3 N–H and O–H groups in total. The normalized spacial score (nSPS) is 15.6. The lowest BCUT2D eigenvalue weighted by molar-refractivity contribution is 0.0852. The molecule has 0 aromatic heterocycles. The van der Waals surface area contributed by atoms with Gasteiger partial charge in [-0.15, -0.1) is 0 Å². The smallest absolute Gasteiger partial charge is 0.409 e. The summed E-state index contributed by atoms with van der Waals surface area (Å²) in [6.45, 7) is 5.10. The first-order valence-corrected chi connectivity index (χ1v) is 5.83. The monoisotopic (exact) mass is 244 g/mol. The fourth-order valence-electron chi connectivity index (χ4n) is 1.60. The Bertz CT molecular complexity index is 264. The van der Waals surface area contributed by atoms with Crippen LogP contribution in [-0.4, -0.2) is 67.8 Å². The lowest BCUT2D eigenvalue weighted by Crippen LogP contribution is -2.53. The van der Waals surface area contributed by atoms with Gasteiger partial charge in [0.2, 0.25) is 0 Å². The van der Waals surface area contributed by atoms with Crippen molar-refractivity contribution in [3.63, 3.8) is 0 Å². The molecule has 1 aliphatic rings. The average molecular weight is 244 g/mol. The molecular weight excluding hydrogens is 224 g/mol. The number of nitrogens with zero attached hydrogens (tertiary/aromatic N) is 2. The molecule has 0 atom stereocenters. The van der Waals surface area contributed by atoms with E-state index in [0.29, 0.717) is 45.9 Å². The maximum atomic E-state index is 11.6. The number of rotatable bonds is 3. The van der Waals surface area contributed by atoms with Crippen molar-refractivity contribution in [1.29, 1.82) is 0 Å². The van der Waals surface area contributed by atoms with Crippen LogP contribution in [0.25, 0.3) is 0 Å². The molecular formula is C10H20N4O3. The van der Waals surface area contributed by atoms with Crippen LogP contribution in [0.3, 0.4) is 0 Å². The topological polar surface area (TPSA) is 87.9 Å². The highest BCUT2D eigenvalue weighted by molar-refractivity contribution is 5.75. The van der Waals surface area contributed by atoms with E-state index in [1.54, 1.807) is 16.7 Å². The van der Waals surface area contributed by atoms with Gasteiger partial charge in [-0.2, -0.15) is 0 Å². The second kappa shape index (κ2) is 6.95. The van der Waals surface area contributed by atoms with E-state index < -0.39 is 0 Å². The van der Waals surface area contributed by atoms with E-state index in [9.17, 15) is 9.59 Å². The zero-order chi connectivity index (χ0) is 12.7. The summed E-state index contributed by atoms with van der Waals surface area (Å²) in [5.41, 5.74) is 5.30. The molecule has 17 heavy (non-hydrogen) atoms. The van der Waals surface area contributed by atoms with Gasteiger partial charge in [-0.3, -0.25) is 0 Å². The fraction of sp³-hybridized carbons (Fsp3) is 0.800. The van der Waals surface area contributed by atoms with Gasteiger partial charge in [0, 0.05) is 39.3 Å². The molecule has 0 spiro atoms. The molecule has 0 radical (unpaired) electrons. The number of nitrogens with one attached hydrogen (secondary N) is 1. The molecule has 0 aromatic rings. The van der Waals surface area contributed by atoms with Gasteiger partial charge in [0.05, 0.1) is 6.61 Å². The summed E-state index contributed by atoms with van der Waals surface area (Å²) in [6.07, 6.45) is -0.311. The molecule has 7 heteroatoms. The van der Waals surface area contributed by atoms with Crippen LogP contribution in [0.4, 0.5) is 9.59 Å². The Labute approximate surface area is 101 Å². The SMILES string of the molecule is CCOC(=O)N1CCN(C(=O)NCCN)CC1. The van der Waals surface area contributed by atoms with Crippen molar-refractivity contribution in [3.8, 4) is 0 Å². The summed E-state index contributed by atoms with van der Waals surface area (Å²) in [7, 11) is 0. The maximum absolute atomic E-state index is 11.6. The molecule has 1 heterocycles. The minimum absolute atomic E-state index is 0.126. The van der Waals surface area contributed by atoms with Crippen LogP contribution in [0.1, 0.15) is 6.92 Å². The van der Waals surface area contributed by atoms with Crippen LogP contribution in [0, 0.1) is 0 Å². The van der Waals surface area contributed by atoms with Crippen LogP contribution in [0.15, 0.2) is 0 Å². The Morgan fingerprint density at radius 2 is 1.82 bits per heavy atom. The highest BCUT2D eigenvalue weighted by Crippen LogP contribution is 2.03. The van der Waals surface area contributed by atoms with Gasteiger partial charge in [-0.05, 0) is 6.92 Å². The third-order valence-electron chi connectivity index (χ3n) is 2.51. The van der Waals surface area contributed by atoms with E-state index in [-0.39, 0.29) is 12.1 Å². The summed E-state index contributed by atoms with van der Waals surface area (Å²) < 4.78 is 4.89. The van der Waals surface area contributed by atoms with Crippen LogP contribution in [-0.2, 0) is 4.74 Å². The van der Waals surface area contributed by atoms with Crippen molar-refractivity contribution in [1.82, 2.24) is 15.1 Å². The molecule has 0 bridgehead atoms. The van der Waals surface area contributed by atoms with Crippen LogP contribution < -0.4 is 11.1 Å². The lowest BCUT2D eigenvalue weighted by atomic mass is 10.3. The van der Waals surface area contributed by atoms with Crippen LogP contribution >= 0.6 is 0 Å². The van der Waals surface area contributed by atoms with E-state index in [1.807, 2.05) is 0 Å². The van der Waals surface area contributed by atoms with Gasteiger partial charge in [0.15, 0.2) is 0 Å². The highest BCUT2D eigenvalue weighted by Gasteiger charge is 2.24. The quantitative estimate of drug-likeness (QED) is 0.696. The maximum Gasteiger partial charge on any atom is 0.409 e. The number of nitrogens with two attached hydrogens (primary N) is 1. The molecule has 7 nitrogen and oxygen atoms in total. The van der Waals surface area contributed by atoms with Gasteiger partial charge in [-0.1, -0.05) is 0 Å². The van der Waals surface area contributed by atoms with E-state index >= 15 is 0 Å². The Balaban J connectivity index is 2.30. The summed E-state index contributed by atoms with van der Waals surface area (Å²) in [4.78, 5) is 26.3. The number of carbonyl (C=O) groups excluding carboxylic acids is 2. The number of ether oxygens (including phenoxy) is 1. The number of hydrogen-bond acceptors (Lipinski definition) is 4. The third-order valence-corrected chi connectivity index (χ3v) is 2.51. The summed E-state index contributed by atoms with van der Waals surface area (Å²) in [5.74, 6) is 0. The van der Waals surface area contributed by atoms with Crippen molar-refractivity contribution in [3.05, 3.63) is 0 Å². The second-order valence-corrected chi connectivity index (χ2v) is 3.69. The molecule has 0 aromatic carbocycles. The molecule has 1 rings (SSSR count). The van der Waals surface area contributed by atoms with Crippen molar-refractivity contribution in [2.75, 3.05) is 45.9 Å². The molecule has 1 saturated heterocycles. The number of urea groups is 1. The predicted molar refractivity (Wildman–Crippen MR) is 62.6 cm³/mol. The molecule has 1 aliphatic heterocycles. The standard InChI is InChI=1S/C10H20N4O3/c1-2-17-10(16)14-7-5-13(6-8-14)9(15)12-4-3-11/h2-8,11H2,1H3,(H,12,15). The summed E-state index contributed by atoms with van der Waals surface area (Å²) in [5, 5.41) is 2.70. The van der Waals surface area contributed by atoms with E-state index in [2.05, 4.69) is 5.32 Å². The van der Waals surface area contributed by atoms with Crippen molar-refractivity contribution < 1.29 is 14.3 Å². The van der Waals surface area contributed by atoms with Crippen molar-refractivity contribution >= 4 is 12.1 Å². The lowest BCUT2D eigenvalue weighted by Gasteiger charge is -2.33. The summed E-state index contributed by atoms with van der Waals surface area (Å²) >= 11 is 0. The molecule has 98 valence electrons. The zero-order valence-electron chi connectivity index (χ0n) is 10.1. The van der Waals surface area contributed by atoms with Gasteiger partial charge in [-0.25, -0.2) is 9.59 Å². The first-order valence-electron chi connectivity index (χ1n) is 5.83. The average Bonchev–Trinajstić information content (AvgIpc) is 2.36. The van der Waals surface area contributed by atoms with Gasteiger partial charge >= 0.3 is 12.1 Å². The number of amides is 3. The first kappa shape index (κ1) is 13.6. The fourth-order valence-corrected chi connectivity index (χ4v) is 1.60. The zero-order valence-corrected chi connectivity index (χ0v) is 10.1. The van der Waals surface area contributed by atoms with Gasteiger partial charge in [0.25, 0.3) is 0 Å². The highest BCUT2D eigenvalue weighted by atomic mass is 16.6. The van der Waals surface area contributed by atoms with Crippen molar-refractivity contribution in [2.24, 2.45) is 5.73 Å². The minimum Gasteiger partial charge on any atom is -0.450 e. The Morgan fingerprint density at radius 1 is 1.24 bits per heavy atom. The first-order chi connectivity index (χ1) is 8.19. The Morgan fingerprint density at radius 3 is 2.35 bits per heavy atom. The number of hydrogen-bond donors (Lipinski definition) is 2. The third kappa shape index (κ3) is 4.10. The molecule has 0 unspecified atom stereocenters. The van der Waals surface area contributed by atoms with Gasteiger partial charge < -0.3 is 25.6 Å². The molecule has 0 saturated carbocycles. The molecule has 0 aliphatic carbocycles. The summed E-state index contributed by atoms with van der Waals surface area (Å²) in [6, 6.07) is -0.126. The van der Waals surface area contributed by atoms with Crippen LogP contribution in [0.5, 0.6) is 0 Å².